The van der Waals surface area contributed by atoms with Gasteiger partial charge in [0.25, 0.3) is 0 Å². The van der Waals surface area contributed by atoms with Crippen LogP contribution in [0.2, 0.25) is 0 Å². The molecule has 52 heavy (non-hydrogen) atoms. The molecule has 7 aromatic carbocycles. The SMILES string of the molecule is CC1(C)c2ccccc2Nc2c(-c3cc(N(c4ccccc4)c4ccccc4)c4c5cccc6c5n5c4c3Bc3cccc(c3-5)C6(C)C)cccc21. The highest BCUT2D eigenvalue weighted by molar-refractivity contribution is 6.74. The van der Waals surface area contributed by atoms with Gasteiger partial charge >= 0.3 is 0 Å². The van der Waals surface area contributed by atoms with Crippen molar-refractivity contribution in [1.29, 1.82) is 0 Å². The first-order valence-corrected chi connectivity index (χ1v) is 18.5. The Hall–Kier alpha value is -6.00. The highest BCUT2D eigenvalue weighted by Gasteiger charge is 2.41. The van der Waals surface area contributed by atoms with Gasteiger partial charge in [0.2, 0.25) is 0 Å². The zero-order valence-electron chi connectivity index (χ0n) is 30.0. The molecule has 0 fully saturated rings. The number of para-hydroxylation sites is 6. The van der Waals surface area contributed by atoms with Crippen LogP contribution in [0.1, 0.15) is 49.9 Å². The van der Waals surface area contributed by atoms with Gasteiger partial charge in [-0.3, -0.25) is 0 Å². The molecule has 0 spiro atoms. The van der Waals surface area contributed by atoms with Crippen molar-refractivity contribution in [2.45, 2.75) is 38.5 Å². The number of nitrogens with zero attached hydrogens (tertiary/aromatic N) is 2. The zero-order chi connectivity index (χ0) is 34.9. The Balaban J connectivity index is 1.33. The highest BCUT2D eigenvalue weighted by Crippen LogP contribution is 2.53. The Morgan fingerprint density at radius 2 is 1.17 bits per heavy atom. The summed E-state index contributed by atoms with van der Waals surface area (Å²) in [5, 5.41) is 6.58. The van der Waals surface area contributed by atoms with Gasteiger partial charge in [0, 0.05) is 49.9 Å². The van der Waals surface area contributed by atoms with E-state index in [2.05, 4.69) is 188 Å². The molecule has 248 valence electrons. The maximum atomic E-state index is 3.96. The number of nitrogens with one attached hydrogen (secondary N) is 1. The molecule has 0 atom stereocenters. The van der Waals surface area contributed by atoms with Crippen molar-refractivity contribution in [1.82, 2.24) is 4.57 Å². The molecule has 3 nitrogen and oxygen atoms in total. The van der Waals surface area contributed by atoms with E-state index < -0.39 is 0 Å². The predicted octanol–water partition coefficient (Wildman–Crippen LogP) is 10.6. The van der Waals surface area contributed by atoms with E-state index in [1.807, 2.05) is 0 Å². The fourth-order valence-electron chi connectivity index (χ4n) is 9.90. The van der Waals surface area contributed by atoms with Crippen LogP contribution in [0.25, 0.3) is 38.6 Å². The normalized spacial score (nSPS) is 15.2. The number of aromatic nitrogens is 1. The van der Waals surface area contributed by atoms with E-state index in [4.69, 9.17) is 0 Å². The summed E-state index contributed by atoms with van der Waals surface area (Å²) in [6.07, 6.45) is 0. The maximum Gasteiger partial charge on any atom is 0.198 e. The topological polar surface area (TPSA) is 20.2 Å². The minimum Gasteiger partial charge on any atom is -0.355 e. The van der Waals surface area contributed by atoms with Crippen LogP contribution in [0.4, 0.5) is 28.4 Å². The third-order valence-electron chi connectivity index (χ3n) is 12.4. The monoisotopic (exact) mass is 667 g/mol. The Labute approximate surface area is 305 Å². The number of rotatable bonds is 4. The molecule has 0 aliphatic carbocycles. The number of benzene rings is 7. The molecular formula is C48H38BN3. The molecule has 11 rings (SSSR count). The van der Waals surface area contributed by atoms with Crippen molar-refractivity contribution >= 4 is 68.4 Å². The van der Waals surface area contributed by atoms with Gasteiger partial charge in [-0.25, -0.2) is 0 Å². The summed E-state index contributed by atoms with van der Waals surface area (Å²) in [5.41, 5.74) is 20.4. The Bertz CT molecular complexity index is 2750. The molecule has 3 aliphatic rings. The van der Waals surface area contributed by atoms with E-state index in [-0.39, 0.29) is 10.8 Å². The van der Waals surface area contributed by atoms with Gasteiger partial charge in [0.1, 0.15) is 0 Å². The second-order valence-electron chi connectivity index (χ2n) is 15.8. The fourth-order valence-corrected chi connectivity index (χ4v) is 9.90. The predicted molar refractivity (Wildman–Crippen MR) is 221 cm³/mol. The molecule has 4 heterocycles. The van der Waals surface area contributed by atoms with Gasteiger partial charge in [0.15, 0.2) is 7.28 Å². The van der Waals surface area contributed by atoms with E-state index in [0.29, 0.717) is 0 Å². The molecule has 0 bridgehead atoms. The minimum atomic E-state index is -0.158. The van der Waals surface area contributed by atoms with Crippen molar-refractivity contribution < 1.29 is 0 Å². The fraction of sp³-hybridized carbons (Fsp3) is 0.125. The lowest BCUT2D eigenvalue weighted by atomic mass is 9.57. The van der Waals surface area contributed by atoms with Crippen LogP contribution in [-0.2, 0) is 10.8 Å². The lowest BCUT2D eigenvalue weighted by Crippen LogP contribution is -2.41. The first-order valence-electron chi connectivity index (χ1n) is 18.5. The van der Waals surface area contributed by atoms with E-state index in [9.17, 15) is 0 Å². The number of hydrogen-bond donors (Lipinski definition) is 1. The van der Waals surface area contributed by atoms with Crippen LogP contribution >= 0.6 is 0 Å². The van der Waals surface area contributed by atoms with Crippen molar-refractivity contribution in [2.75, 3.05) is 10.2 Å². The van der Waals surface area contributed by atoms with Crippen LogP contribution in [0.3, 0.4) is 0 Å². The first kappa shape index (κ1) is 29.7. The summed E-state index contributed by atoms with van der Waals surface area (Å²) in [7, 11) is 0.872. The lowest BCUT2D eigenvalue weighted by molar-refractivity contribution is 0.631. The van der Waals surface area contributed by atoms with Gasteiger partial charge in [0.05, 0.1) is 22.4 Å². The molecule has 0 amide bonds. The Morgan fingerprint density at radius 3 is 1.94 bits per heavy atom. The Kier molecular flexibility index (Phi) is 5.88. The van der Waals surface area contributed by atoms with Crippen molar-refractivity contribution in [3.05, 3.63) is 168 Å². The third-order valence-corrected chi connectivity index (χ3v) is 12.4. The zero-order valence-corrected chi connectivity index (χ0v) is 30.0. The summed E-state index contributed by atoms with van der Waals surface area (Å²) < 4.78 is 2.65. The molecule has 0 radical (unpaired) electrons. The second kappa shape index (κ2) is 10.3. The van der Waals surface area contributed by atoms with Crippen LogP contribution in [0, 0.1) is 0 Å². The summed E-state index contributed by atoms with van der Waals surface area (Å²) in [6, 6.07) is 54.0. The van der Waals surface area contributed by atoms with Crippen LogP contribution in [0.15, 0.2) is 146 Å². The van der Waals surface area contributed by atoms with E-state index in [1.54, 1.807) is 0 Å². The van der Waals surface area contributed by atoms with Gasteiger partial charge in [-0.05, 0) is 69.7 Å². The Morgan fingerprint density at radius 1 is 0.558 bits per heavy atom. The van der Waals surface area contributed by atoms with Gasteiger partial charge in [-0.1, -0.05) is 142 Å². The summed E-state index contributed by atoms with van der Waals surface area (Å²) in [6.45, 7) is 9.54. The number of hydrogen-bond acceptors (Lipinski definition) is 2. The molecule has 3 aliphatic heterocycles. The van der Waals surface area contributed by atoms with Crippen molar-refractivity contribution in [3.63, 3.8) is 0 Å². The van der Waals surface area contributed by atoms with Crippen molar-refractivity contribution in [3.8, 4) is 16.8 Å². The molecule has 0 saturated heterocycles. The number of fused-ring (bicyclic) bond motifs is 3. The van der Waals surface area contributed by atoms with E-state index in [1.165, 1.54) is 88.9 Å². The van der Waals surface area contributed by atoms with Gasteiger partial charge in [-0.2, -0.15) is 0 Å². The second-order valence-corrected chi connectivity index (χ2v) is 15.8. The number of anilines is 5. The van der Waals surface area contributed by atoms with Gasteiger partial charge in [-0.15, -0.1) is 0 Å². The van der Waals surface area contributed by atoms with Crippen LogP contribution < -0.4 is 21.1 Å². The summed E-state index contributed by atoms with van der Waals surface area (Å²) in [4.78, 5) is 2.48. The molecule has 1 aromatic heterocycles. The van der Waals surface area contributed by atoms with Crippen molar-refractivity contribution in [2.24, 2.45) is 0 Å². The quantitative estimate of drug-likeness (QED) is 0.189. The average Bonchev–Trinajstić information content (AvgIpc) is 3.52. The largest absolute Gasteiger partial charge is 0.355 e. The standard InChI is InChI=1S/C48H38BN3/c1-47(2)34-22-11-12-27-39(34)50-43-31(20-13-23-35(43)47)33-28-40(51(29-16-7-5-8-17-29)30-18-9-6-10-19-30)41-32-21-14-24-36-44(32)52-45-37(48(36,3)4)25-15-26-38(45)49-42(33)46(41)52/h5-28,49-50H,1-4H3. The smallest absolute Gasteiger partial charge is 0.198 e. The molecule has 4 heteroatoms. The molecule has 1 N–H and O–H groups in total. The maximum absolute atomic E-state index is 3.96. The minimum absolute atomic E-state index is 0.129. The van der Waals surface area contributed by atoms with Crippen LogP contribution in [0.5, 0.6) is 0 Å². The van der Waals surface area contributed by atoms with Crippen LogP contribution in [-0.4, -0.2) is 11.8 Å². The molecule has 8 aromatic rings. The molecule has 0 saturated carbocycles. The highest BCUT2D eigenvalue weighted by atomic mass is 15.1. The molecule has 0 unspecified atom stereocenters. The summed E-state index contributed by atoms with van der Waals surface area (Å²) >= 11 is 0. The van der Waals surface area contributed by atoms with E-state index in [0.717, 1.165) is 18.7 Å². The average molecular weight is 668 g/mol. The van der Waals surface area contributed by atoms with E-state index >= 15 is 0 Å². The third kappa shape index (κ3) is 3.77. The summed E-state index contributed by atoms with van der Waals surface area (Å²) in [5.74, 6) is 0. The molecular weight excluding hydrogens is 629 g/mol. The lowest BCUT2D eigenvalue weighted by Gasteiger charge is -2.38. The van der Waals surface area contributed by atoms with Gasteiger partial charge < -0.3 is 14.8 Å². The first-order chi connectivity index (χ1) is 25.3.